The molecular formula is C22H25N3O10. The average molecular weight is 491 g/mol. The summed E-state index contributed by atoms with van der Waals surface area (Å²) in [6.07, 6.45) is -4.83. The molecule has 1 aromatic heterocycles. The molecule has 1 amide bonds. The quantitative estimate of drug-likeness (QED) is 0.375. The molecule has 0 aliphatic carbocycles. The van der Waals surface area contributed by atoms with Crippen LogP contribution in [0.1, 0.15) is 18.7 Å². The van der Waals surface area contributed by atoms with E-state index >= 15 is 0 Å². The van der Waals surface area contributed by atoms with Crippen LogP contribution in [0.4, 0.5) is 4.79 Å². The summed E-state index contributed by atoms with van der Waals surface area (Å²) in [5.74, 6) is -1.62. The van der Waals surface area contributed by atoms with Crippen LogP contribution < -0.4 is 16.6 Å². The van der Waals surface area contributed by atoms with E-state index < -0.39 is 59.9 Å². The van der Waals surface area contributed by atoms with E-state index in [1.807, 2.05) is 6.07 Å². The number of nitrogens with zero attached hydrogens (tertiary/aromatic N) is 1. The number of nitrogens with one attached hydrogen (secondary N) is 2. The van der Waals surface area contributed by atoms with E-state index in [1.165, 1.54) is 0 Å². The highest BCUT2D eigenvalue weighted by Gasteiger charge is 2.54. The molecule has 5 atom stereocenters. The Labute approximate surface area is 198 Å². The molecule has 188 valence electrons. The minimum atomic E-state index is -1.46. The second-order valence-electron chi connectivity index (χ2n) is 7.48. The van der Waals surface area contributed by atoms with Crippen molar-refractivity contribution in [2.24, 2.45) is 0 Å². The molecule has 1 aromatic carbocycles. The molecule has 3 rings (SSSR count). The summed E-state index contributed by atoms with van der Waals surface area (Å²) in [6.45, 7) is 1.17. The standard InChI is InChI=1S/C22H25N3O10/c1-12(26)34-18-17(33-11-13-7-5-4-6-8-13)16(15(20(28)31-2)24-22(30)32-3)35-19(18)25-10-9-14(27)23-21(25)29/h4-10,15-19H,11H2,1-3H3,(H,24,30)(H,23,27,29)/t15-,16+,17-,18+,19+/m0/s1. The minimum absolute atomic E-state index is 0.0164. The lowest BCUT2D eigenvalue weighted by Crippen LogP contribution is -2.54. The molecule has 1 fully saturated rings. The number of alkyl carbamates (subject to hydrolysis) is 1. The van der Waals surface area contributed by atoms with Crippen LogP contribution in [0, 0.1) is 0 Å². The van der Waals surface area contributed by atoms with Crippen LogP contribution in [-0.4, -0.2) is 66.2 Å². The zero-order valence-corrected chi connectivity index (χ0v) is 19.2. The zero-order chi connectivity index (χ0) is 25.5. The topological polar surface area (TPSA) is 164 Å². The van der Waals surface area contributed by atoms with E-state index in [1.54, 1.807) is 24.3 Å². The van der Waals surface area contributed by atoms with Gasteiger partial charge in [0.15, 0.2) is 18.4 Å². The van der Waals surface area contributed by atoms with Crippen molar-refractivity contribution in [3.63, 3.8) is 0 Å². The van der Waals surface area contributed by atoms with E-state index in [9.17, 15) is 24.0 Å². The van der Waals surface area contributed by atoms with Gasteiger partial charge < -0.3 is 29.0 Å². The van der Waals surface area contributed by atoms with Gasteiger partial charge in [0.1, 0.15) is 12.2 Å². The highest BCUT2D eigenvalue weighted by molar-refractivity contribution is 5.82. The fraction of sp³-hybridized carbons (Fsp3) is 0.409. The third-order valence-corrected chi connectivity index (χ3v) is 5.18. The first-order chi connectivity index (χ1) is 16.7. The van der Waals surface area contributed by atoms with Crippen LogP contribution in [0.3, 0.4) is 0 Å². The fourth-order valence-corrected chi connectivity index (χ4v) is 3.65. The normalized spacial score (nSPS) is 22.1. The van der Waals surface area contributed by atoms with Crippen molar-refractivity contribution in [3.05, 3.63) is 69.0 Å². The Kier molecular flexibility index (Phi) is 8.39. The van der Waals surface area contributed by atoms with Crippen LogP contribution >= 0.6 is 0 Å². The zero-order valence-electron chi connectivity index (χ0n) is 19.2. The molecular weight excluding hydrogens is 466 g/mol. The van der Waals surface area contributed by atoms with Gasteiger partial charge >= 0.3 is 23.7 Å². The average Bonchev–Trinajstić information content (AvgIpc) is 3.17. The molecule has 2 N–H and O–H groups in total. The van der Waals surface area contributed by atoms with Gasteiger partial charge in [-0.3, -0.25) is 19.1 Å². The third-order valence-electron chi connectivity index (χ3n) is 5.18. The van der Waals surface area contributed by atoms with Gasteiger partial charge in [0.2, 0.25) is 0 Å². The van der Waals surface area contributed by atoms with Gasteiger partial charge in [-0.25, -0.2) is 14.4 Å². The molecule has 1 aliphatic rings. The molecule has 0 bridgehead atoms. The lowest BCUT2D eigenvalue weighted by Gasteiger charge is -2.27. The number of methoxy groups -OCH3 is 2. The number of hydrogen-bond acceptors (Lipinski definition) is 10. The van der Waals surface area contributed by atoms with Crippen molar-refractivity contribution >= 4 is 18.0 Å². The number of ether oxygens (including phenoxy) is 5. The lowest BCUT2D eigenvalue weighted by molar-refractivity contribution is -0.158. The highest BCUT2D eigenvalue weighted by atomic mass is 16.6. The van der Waals surface area contributed by atoms with Gasteiger partial charge in [-0.15, -0.1) is 0 Å². The van der Waals surface area contributed by atoms with Crippen molar-refractivity contribution in [3.8, 4) is 0 Å². The van der Waals surface area contributed by atoms with Crippen LogP contribution in [0.5, 0.6) is 0 Å². The van der Waals surface area contributed by atoms with E-state index in [0.29, 0.717) is 0 Å². The monoisotopic (exact) mass is 491 g/mol. The highest BCUT2D eigenvalue weighted by Crippen LogP contribution is 2.35. The number of carbonyl (C=O) groups excluding carboxylic acids is 3. The van der Waals surface area contributed by atoms with Gasteiger partial charge in [0.05, 0.1) is 20.8 Å². The summed E-state index contributed by atoms with van der Waals surface area (Å²) in [5.41, 5.74) is -0.743. The SMILES string of the molecule is COC(=O)N[C@H](C(=O)OC)[C@H]1O[C@@H](n2ccc(=O)[nH]c2=O)[C@H](OC(C)=O)[C@H]1OCc1ccccc1. The molecule has 2 aromatic rings. The fourth-order valence-electron chi connectivity index (χ4n) is 3.65. The largest absolute Gasteiger partial charge is 0.467 e. The second-order valence-corrected chi connectivity index (χ2v) is 7.48. The van der Waals surface area contributed by atoms with E-state index in [-0.39, 0.29) is 6.61 Å². The smallest absolute Gasteiger partial charge is 0.407 e. The predicted molar refractivity (Wildman–Crippen MR) is 117 cm³/mol. The molecule has 0 unspecified atom stereocenters. The Morgan fingerprint density at radius 2 is 1.80 bits per heavy atom. The molecule has 0 saturated carbocycles. The van der Waals surface area contributed by atoms with Gasteiger partial charge in [-0.2, -0.15) is 0 Å². The maximum Gasteiger partial charge on any atom is 0.407 e. The van der Waals surface area contributed by atoms with Crippen molar-refractivity contribution in [2.45, 2.75) is 44.1 Å². The first kappa shape index (κ1) is 25.6. The summed E-state index contributed by atoms with van der Waals surface area (Å²) in [6, 6.07) is 8.61. The summed E-state index contributed by atoms with van der Waals surface area (Å²) in [5, 5.41) is 2.33. The number of H-pyrrole nitrogens is 1. The third kappa shape index (κ3) is 6.13. The molecule has 1 aliphatic heterocycles. The summed E-state index contributed by atoms with van der Waals surface area (Å²) in [4.78, 5) is 62.7. The maximum atomic E-state index is 12.6. The maximum absolute atomic E-state index is 12.6. The second kappa shape index (κ2) is 11.4. The molecule has 0 radical (unpaired) electrons. The summed E-state index contributed by atoms with van der Waals surface area (Å²) >= 11 is 0. The molecule has 1 saturated heterocycles. The van der Waals surface area contributed by atoms with Crippen LogP contribution in [0.2, 0.25) is 0 Å². The van der Waals surface area contributed by atoms with Gasteiger partial charge in [0, 0.05) is 19.2 Å². The number of amides is 1. The van der Waals surface area contributed by atoms with Gasteiger partial charge in [0.25, 0.3) is 5.56 Å². The predicted octanol–water partition coefficient (Wildman–Crippen LogP) is -0.151. The van der Waals surface area contributed by atoms with Crippen molar-refractivity contribution in [1.29, 1.82) is 0 Å². The molecule has 13 heteroatoms. The van der Waals surface area contributed by atoms with Crippen LogP contribution in [-0.2, 0) is 39.9 Å². The van der Waals surface area contributed by atoms with Crippen LogP contribution in [0.15, 0.2) is 52.2 Å². The van der Waals surface area contributed by atoms with Crippen molar-refractivity contribution in [1.82, 2.24) is 14.9 Å². The van der Waals surface area contributed by atoms with Gasteiger partial charge in [-0.05, 0) is 5.56 Å². The lowest BCUT2D eigenvalue weighted by atomic mass is 10.0. The van der Waals surface area contributed by atoms with E-state index in [0.717, 1.165) is 43.5 Å². The number of rotatable bonds is 8. The molecule has 35 heavy (non-hydrogen) atoms. The van der Waals surface area contributed by atoms with Gasteiger partial charge in [-0.1, -0.05) is 30.3 Å². The van der Waals surface area contributed by atoms with Crippen molar-refractivity contribution < 1.29 is 38.1 Å². The number of hydrogen-bond donors (Lipinski definition) is 2. The van der Waals surface area contributed by atoms with E-state index in [2.05, 4.69) is 15.0 Å². The Hall–Kier alpha value is -3.97. The summed E-state index contributed by atoms with van der Waals surface area (Å²) < 4.78 is 27.9. The Morgan fingerprint density at radius 1 is 1.09 bits per heavy atom. The number of carbonyl (C=O) groups is 3. The molecule has 2 heterocycles. The minimum Gasteiger partial charge on any atom is -0.467 e. The number of benzene rings is 1. The Morgan fingerprint density at radius 3 is 2.40 bits per heavy atom. The Balaban J connectivity index is 2.06. The number of aromatic nitrogens is 2. The van der Waals surface area contributed by atoms with Crippen molar-refractivity contribution in [2.75, 3.05) is 14.2 Å². The Bertz CT molecular complexity index is 1160. The summed E-state index contributed by atoms with van der Waals surface area (Å²) in [7, 11) is 2.21. The first-order valence-electron chi connectivity index (χ1n) is 10.5. The van der Waals surface area contributed by atoms with Crippen LogP contribution in [0.25, 0.3) is 0 Å². The molecule has 13 nitrogen and oxygen atoms in total. The number of aromatic amines is 1. The molecule has 0 spiro atoms. The van der Waals surface area contributed by atoms with E-state index in [4.69, 9.17) is 18.9 Å². The first-order valence-corrected chi connectivity index (χ1v) is 10.5. The number of esters is 2.